The second-order valence-electron chi connectivity index (χ2n) is 4.19. The first-order chi connectivity index (χ1) is 8.25. The van der Waals surface area contributed by atoms with Gasteiger partial charge in [0.2, 0.25) is 0 Å². The Morgan fingerprint density at radius 1 is 1.18 bits per heavy atom. The maximum Gasteiger partial charge on any atom is 0.123 e. The summed E-state index contributed by atoms with van der Waals surface area (Å²) in [6.45, 7) is 2.15. The highest BCUT2D eigenvalue weighted by Gasteiger charge is 2.26. The van der Waals surface area contributed by atoms with E-state index in [1.54, 1.807) is 0 Å². The van der Waals surface area contributed by atoms with Crippen molar-refractivity contribution >= 4 is 21.6 Å². The van der Waals surface area contributed by atoms with Crippen molar-refractivity contribution in [1.29, 1.82) is 0 Å². The number of hydrogen-bond acceptors (Lipinski definition) is 2. The number of rotatable bonds is 1. The molecule has 2 aliphatic heterocycles. The summed E-state index contributed by atoms with van der Waals surface area (Å²) in [5, 5.41) is 3.53. The third kappa shape index (κ3) is 1.80. The maximum atomic E-state index is 3.53. The number of nitrogens with one attached hydrogen (secondary N) is 1. The van der Waals surface area contributed by atoms with E-state index in [1.807, 2.05) is 0 Å². The van der Waals surface area contributed by atoms with Gasteiger partial charge in [-0.2, -0.15) is 0 Å². The number of allylic oxidation sites excluding steroid dienone is 3. The molecule has 3 heteroatoms. The summed E-state index contributed by atoms with van der Waals surface area (Å²) in [5.74, 6) is 0. The average Bonchev–Trinajstić information content (AvgIpc) is 2.69. The van der Waals surface area contributed by atoms with Crippen molar-refractivity contribution in [1.82, 2.24) is 10.2 Å². The standard InChI is InChI=1S/C14H13BrN2/c1-10-14(11-5-7-12(15)8-6-11)16-13-4-2-3-9-17(10)13/h2-9,13,16H,1H3. The lowest BCUT2D eigenvalue weighted by Crippen LogP contribution is -2.32. The molecule has 3 rings (SSSR count). The summed E-state index contributed by atoms with van der Waals surface area (Å²) in [6, 6.07) is 8.39. The molecular weight excluding hydrogens is 276 g/mol. The fraction of sp³-hybridized carbons (Fsp3) is 0.143. The third-order valence-electron chi connectivity index (χ3n) is 3.13. The molecule has 0 saturated heterocycles. The molecule has 0 amide bonds. The van der Waals surface area contributed by atoms with Crippen LogP contribution in [0, 0.1) is 0 Å². The van der Waals surface area contributed by atoms with Crippen LogP contribution >= 0.6 is 15.9 Å². The van der Waals surface area contributed by atoms with Crippen LogP contribution in [0.3, 0.4) is 0 Å². The molecule has 2 heterocycles. The molecular formula is C14H13BrN2. The molecule has 1 atom stereocenters. The molecule has 17 heavy (non-hydrogen) atoms. The van der Waals surface area contributed by atoms with E-state index in [4.69, 9.17) is 0 Å². The summed E-state index contributed by atoms with van der Waals surface area (Å²) in [4.78, 5) is 2.25. The van der Waals surface area contributed by atoms with Gasteiger partial charge in [-0.05, 0) is 36.8 Å². The molecule has 0 aliphatic carbocycles. The molecule has 0 spiro atoms. The lowest BCUT2D eigenvalue weighted by molar-refractivity contribution is 0.402. The number of benzene rings is 1. The molecule has 86 valence electrons. The van der Waals surface area contributed by atoms with Crippen LogP contribution in [0.5, 0.6) is 0 Å². The van der Waals surface area contributed by atoms with Crippen molar-refractivity contribution < 1.29 is 0 Å². The van der Waals surface area contributed by atoms with Gasteiger partial charge in [-0.3, -0.25) is 0 Å². The molecule has 2 aliphatic rings. The van der Waals surface area contributed by atoms with E-state index in [-0.39, 0.29) is 6.17 Å². The van der Waals surface area contributed by atoms with Crippen LogP contribution in [0.2, 0.25) is 0 Å². The van der Waals surface area contributed by atoms with Crippen molar-refractivity contribution in [3.05, 3.63) is 64.4 Å². The minimum atomic E-state index is 0.263. The second-order valence-corrected chi connectivity index (χ2v) is 5.11. The predicted octanol–water partition coefficient (Wildman–Crippen LogP) is 3.45. The van der Waals surface area contributed by atoms with Gasteiger partial charge >= 0.3 is 0 Å². The van der Waals surface area contributed by atoms with Gasteiger partial charge in [0, 0.05) is 16.4 Å². The van der Waals surface area contributed by atoms with Gasteiger partial charge < -0.3 is 10.2 Å². The highest BCUT2D eigenvalue weighted by Crippen LogP contribution is 2.29. The quantitative estimate of drug-likeness (QED) is 0.852. The Balaban J connectivity index is 1.99. The van der Waals surface area contributed by atoms with E-state index in [1.165, 1.54) is 17.0 Å². The Bertz CT molecular complexity index is 526. The molecule has 0 radical (unpaired) electrons. The minimum absolute atomic E-state index is 0.263. The van der Waals surface area contributed by atoms with Crippen LogP contribution in [-0.2, 0) is 0 Å². The van der Waals surface area contributed by atoms with Crippen LogP contribution in [0.25, 0.3) is 5.70 Å². The van der Waals surface area contributed by atoms with Crippen LogP contribution < -0.4 is 5.32 Å². The molecule has 2 nitrogen and oxygen atoms in total. The Morgan fingerprint density at radius 3 is 2.65 bits per heavy atom. The number of nitrogens with zero attached hydrogens (tertiary/aromatic N) is 1. The van der Waals surface area contributed by atoms with E-state index >= 15 is 0 Å². The summed E-state index contributed by atoms with van der Waals surface area (Å²) in [6.07, 6.45) is 8.67. The van der Waals surface area contributed by atoms with Gasteiger partial charge in [-0.15, -0.1) is 0 Å². The Labute approximate surface area is 109 Å². The normalized spacial score (nSPS) is 21.8. The third-order valence-corrected chi connectivity index (χ3v) is 3.65. The van der Waals surface area contributed by atoms with Crippen molar-refractivity contribution in [2.75, 3.05) is 0 Å². The lowest BCUT2D eigenvalue weighted by atomic mass is 10.1. The zero-order valence-electron chi connectivity index (χ0n) is 9.52. The smallest absolute Gasteiger partial charge is 0.123 e. The van der Waals surface area contributed by atoms with Crippen LogP contribution in [0.4, 0.5) is 0 Å². The number of halogens is 1. The van der Waals surface area contributed by atoms with Crippen molar-refractivity contribution in [2.45, 2.75) is 13.1 Å². The van der Waals surface area contributed by atoms with Gasteiger partial charge in [0.05, 0.1) is 5.70 Å². The molecule has 1 aromatic rings. The van der Waals surface area contributed by atoms with E-state index in [9.17, 15) is 0 Å². The van der Waals surface area contributed by atoms with Gasteiger partial charge in [-0.25, -0.2) is 0 Å². The molecule has 0 bridgehead atoms. The second kappa shape index (κ2) is 4.08. The van der Waals surface area contributed by atoms with Crippen LogP contribution in [-0.4, -0.2) is 11.1 Å². The Kier molecular flexibility index (Phi) is 2.56. The molecule has 0 saturated carbocycles. The topological polar surface area (TPSA) is 15.3 Å². The molecule has 1 N–H and O–H groups in total. The van der Waals surface area contributed by atoms with Crippen LogP contribution in [0.1, 0.15) is 12.5 Å². The van der Waals surface area contributed by atoms with Crippen LogP contribution in [0.15, 0.2) is 58.9 Å². The number of fused-ring (bicyclic) bond motifs is 1. The zero-order valence-corrected chi connectivity index (χ0v) is 11.1. The highest BCUT2D eigenvalue weighted by molar-refractivity contribution is 9.10. The maximum absolute atomic E-state index is 3.53. The van der Waals surface area contributed by atoms with E-state index in [0.29, 0.717) is 0 Å². The summed E-state index contributed by atoms with van der Waals surface area (Å²) in [7, 11) is 0. The minimum Gasteiger partial charge on any atom is -0.360 e. The predicted molar refractivity (Wildman–Crippen MR) is 73.8 cm³/mol. The van der Waals surface area contributed by atoms with Gasteiger partial charge in [-0.1, -0.05) is 34.1 Å². The molecule has 0 aromatic heterocycles. The van der Waals surface area contributed by atoms with E-state index in [2.05, 4.69) is 81.8 Å². The van der Waals surface area contributed by atoms with Crippen molar-refractivity contribution in [3.8, 4) is 0 Å². The van der Waals surface area contributed by atoms with Crippen molar-refractivity contribution in [2.24, 2.45) is 0 Å². The number of hydrogen-bond donors (Lipinski definition) is 1. The summed E-state index contributed by atoms with van der Waals surface area (Å²) in [5.41, 5.74) is 3.69. The SMILES string of the molecule is CC1=C(c2ccc(Br)cc2)NC2C=CC=CN12. The molecule has 1 aromatic carbocycles. The Hall–Kier alpha value is -1.48. The van der Waals surface area contributed by atoms with Gasteiger partial charge in [0.25, 0.3) is 0 Å². The largest absolute Gasteiger partial charge is 0.360 e. The van der Waals surface area contributed by atoms with Crippen molar-refractivity contribution in [3.63, 3.8) is 0 Å². The monoisotopic (exact) mass is 288 g/mol. The average molecular weight is 289 g/mol. The molecule has 0 fully saturated rings. The van der Waals surface area contributed by atoms with E-state index < -0.39 is 0 Å². The summed E-state index contributed by atoms with van der Waals surface area (Å²) < 4.78 is 1.11. The first kappa shape index (κ1) is 10.7. The summed E-state index contributed by atoms with van der Waals surface area (Å²) >= 11 is 3.46. The van der Waals surface area contributed by atoms with Gasteiger partial charge in [0.15, 0.2) is 0 Å². The Morgan fingerprint density at radius 2 is 1.94 bits per heavy atom. The van der Waals surface area contributed by atoms with Gasteiger partial charge in [0.1, 0.15) is 6.17 Å². The first-order valence-electron chi connectivity index (χ1n) is 5.62. The molecule has 1 unspecified atom stereocenters. The van der Waals surface area contributed by atoms with E-state index in [0.717, 1.165) is 4.47 Å². The fourth-order valence-corrected chi connectivity index (χ4v) is 2.49. The lowest BCUT2D eigenvalue weighted by Gasteiger charge is -2.23. The highest BCUT2D eigenvalue weighted by atomic mass is 79.9. The first-order valence-corrected chi connectivity index (χ1v) is 6.42. The fourth-order valence-electron chi connectivity index (χ4n) is 2.23. The zero-order chi connectivity index (χ0) is 11.8.